The van der Waals surface area contributed by atoms with Gasteiger partial charge in [-0.1, -0.05) is 18.9 Å². The van der Waals surface area contributed by atoms with Crippen LogP contribution in [0, 0.1) is 0 Å². The number of hydrogen-bond acceptors (Lipinski definition) is 3. The molecular formula is C13H19ClN2O. The Morgan fingerprint density at radius 1 is 1.41 bits per heavy atom. The van der Waals surface area contributed by atoms with Crippen molar-refractivity contribution in [1.82, 2.24) is 4.98 Å². The first-order chi connectivity index (χ1) is 8.35. The Morgan fingerprint density at radius 2 is 2.18 bits per heavy atom. The zero-order valence-electron chi connectivity index (χ0n) is 10.2. The maximum atomic E-state index is 5.90. The highest BCUT2D eigenvalue weighted by molar-refractivity contribution is 6.18. The van der Waals surface area contributed by atoms with Gasteiger partial charge in [0.25, 0.3) is 0 Å². The first kappa shape index (κ1) is 12.5. The number of methoxy groups -OCH3 is 1. The van der Waals surface area contributed by atoms with Crippen LogP contribution in [0.25, 0.3) is 0 Å². The van der Waals surface area contributed by atoms with Crippen LogP contribution in [0.5, 0.6) is 5.88 Å². The van der Waals surface area contributed by atoms with Crippen LogP contribution in [-0.4, -0.2) is 30.6 Å². The maximum Gasteiger partial charge on any atom is 0.214 e. The van der Waals surface area contributed by atoms with Gasteiger partial charge < -0.3 is 9.64 Å². The second-order valence-electron chi connectivity index (χ2n) is 4.36. The van der Waals surface area contributed by atoms with E-state index < -0.39 is 0 Å². The SMILES string of the molecule is COc1cccc(N(CCCl)C2CCCC2)n1. The molecule has 1 aromatic rings. The van der Waals surface area contributed by atoms with Crippen LogP contribution >= 0.6 is 11.6 Å². The van der Waals surface area contributed by atoms with Crippen LogP contribution in [0.3, 0.4) is 0 Å². The monoisotopic (exact) mass is 254 g/mol. The Balaban J connectivity index is 2.18. The van der Waals surface area contributed by atoms with Gasteiger partial charge in [0.15, 0.2) is 0 Å². The zero-order valence-corrected chi connectivity index (χ0v) is 11.0. The smallest absolute Gasteiger partial charge is 0.214 e. The van der Waals surface area contributed by atoms with Crippen LogP contribution in [0.15, 0.2) is 18.2 Å². The second-order valence-corrected chi connectivity index (χ2v) is 4.74. The van der Waals surface area contributed by atoms with E-state index in [0.717, 1.165) is 12.4 Å². The summed E-state index contributed by atoms with van der Waals surface area (Å²) < 4.78 is 5.18. The number of anilines is 1. The van der Waals surface area contributed by atoms with Crippen molar-refractivity contribution >= 4 is 17.4 Å². The van der Waals surface area contributed by atoms with Crippen molar-refractivity contribution in [2.75, 3.05) is 24.4 Å². The number of halogens is 1. The molecule has 0 saturated heterocycles. The highest BCUT2D eigenvalue weighted by Crippen LogP contribution is 2.27. The predicted molar refractivity (Wildman–Crippen MR) is 71.1 cm³/mol. The average Bonchev–Trinajstić information content (AvgIpc) is 2.89. The van der Waals surface area contributed by atoms with Crippen LogP contribution in [0.4, 0.5) is 5.82 Å². The van der Waals surface area contributed by atoms with Crippen molar-refractivity contribution in [3.63, 3.8) is 0 Å². The lowest BCUT2D eigenvalue weighted by Crippen LogP contribution is -2.35. The van der Waals surface area contributed by atoms with Gasteiger partial charge in [0.2, 0.25) is 5.88 Å². The van der Waals surface area contributed by atoms with E-state index in [4.69, 9.17) is 16.3 Å². The van der Waals surface area contributed by atoms with E-state index in [9.17, 15) is 0 Å². The number of ether oxygens (including phenoxy) is 1. The van der Waals surface area contributed by atoms with E-state index in [1.807, 2.05) is 18.2 Å². The van der Waals surface area contributed by atoms with Crippen molar-refractivity contribution in [2.45, 2.75) is 31.7 Å². The Kier molecular flexibility index (Phi) is 4.49. The minimum Gasteiger partial charge on any atom is -0.481 e. The molecule has 0 aromatic carbocycles. The van der Waals surface area contributed by atoms with E-state index in [-0.39, 0.29) is 0 Å². The summed E-state index contributed by atoms with van der Waals surface area (Å²) in [6, 6.07) is 6.48. The van der Waals surface area contributed by atoms with Gasteiger partial charge in [-0.05, 0) is 18.9 Å². The number of hydrogen-bond donors (Lipinski definition) is 0. The van der Waals surface area contributed by atoms with E-state index >= 15 is 0 Å². The number of rotatable bonds is 5. The summed E-state index contributed by atoms with van der Waals surface area (Å²) in [6.07, 6.45) is 5.12. The van der Waals surface area contributed by atoms with E-state index in [1.54, 1.807) is 7.11 Å². The molecule has 4 heteroatoms. The normalized spacial score (nSPS) is 16.1. The number of nitrogens with zero attached hydrogens (tertiary/aromatic N) is 2. The molecule has 1 aliphatic rings. The maximum absolute atomic E-state index is 5.90. The summed E-state index contributed by atoms with van der Waals surface area (Å²) in [5.74, 6) is 2.28. The van der Waals surface area contributed by atoms with Crippen molar-refractivity contribution in [3.8, 4) is 5.88 Å². The third-order valence-electron chi connectivity index (χ3n) is 3.30. The molecular weight excluding hydrogens is 236 g/mol. The first-order valence-corrected chi connectivity index (χ1v) is 6.72. The minimum absolute atomic E-state index is 0.591. The van der Waals surface area contributed by atoms with Crippen molar-refractivity contribution in [1.29, 1.82) is 0 Å². The molecule has 0 radical (unpaired) electrons. The highest BCUT2D eigenvalue weighted by atomic mass is 35.5. The fourth-order valence-electron chi connectivity index (χ4n) is 2.47. The van der Waals surface area contributed by atoms with Crippen molar-refractivity contribution < 1.29 is 4.74 Å². The lowest BCUT2D eigenvalue weighted by Gasteiger charge is -2.29. The van der Waals surface area contributed by atoms with Crippen molar-refractivity contribution in [2.24, 2.45) is 0 Å². The largest absolute Gasteiger partial charge is 0.481 e. The third-order valence-corrected chi connectivity index (χ3v) is 3.47. The lowest BCUT2D eigenvalue weighted by atomic mass is 10.2. The van der Waals surface area contributed by atoms with E-state index in [0.29, 0.717) is 17.8 Å². The van der Waals surface area contributed by atoms with Crippen LogP contribution in [0.2, 0.25) is 0 Å². The summed E-state index contributed by atoms with van der Waals surface area (Å²) in [4.78, 5) is 6.82. The molecule has 0 bridgehead atoms. The molecule has 0 atom stereocenters. The number of aromatic nitrogens is 1. The molecule has 1 fully saturated rings. The average molecular weight is 255 g/mol. The molecule has 0 unspecified atom stereocenters. The molecule has 3 nitrogen and oxygen atoms in total. The molecule has 0 aliphatic heterocycles. The summed E-state index contributed by atoms with van der Waals surface area (Å²) in [5, 5.41) is 0. The summed E-state index contributed by atoms with van der Waals surface area (Å²) in [7, 11) is 1.65. The molecule has 1 heterocycles. The molecule has 17 heavy (non-hydrogen) atoms. The Morgan fingerprint density at radius 3 is 2.82 bits per heavy atom. The van der Waals surface area contributed by atoms with Crippen LogP contribution in [-0.2, 0) is 0 Å². The Labute approximate surface area is 108 Å². The molecule has 1 aromatic heterocycles. The molecule has 2 rings (SSSR count). The van der Waals surface area contributed by atoms with Gasteiger partial charge >= 0.3 is 0 Å². The van der Waals surface area contributed by atoms with E-state index in [2.05, 4.69) is 9.88 Å². The van der Waals surface area contributed by atoms with Gasteiger partial charge in [-0.3, -0.25) is 0 Å². The summed E-state index contributed by atoms with van der Waals surface area (Å²) >= 11 is 5.90. The second kappa shape index (κ2) is 6.10. The molecule has 0 spiro atoms. The first-order valence-electron chi connectivity index (χ1n) is 6.19. The fourth-order valence-corrected chi connectivity index (χ4v) is 2.65. The minimum atomic E-state index is 0.591. The lowest BCUT2D eigenvalue weighted by molar-refractivity contribution is 0.397. The summed E-state index contributed by atoms with van der Waals surface area (Å²) in [6.45, 7) is 0.854. The van der Waals surface area contributed by atoms with Gasteiger partial charge in [-0.25, -0.2) is 0 Å². The highest BCUT2D eigenvalue weighted by Gasteiger charge is 2.23. The quantitative estimate of drug-likeness (QED) is 0.755. The predicted octanol–water partition coefficient (Wildman–Crippen LogP) is 3.08. The van der Waals surface area contributed by atoms with Crippen LogP contribution < -0.4 is 9.64 Å². The third kappa shape index (κ3) is 3.03. The van der Waals surface area contributed by atoms with Gasteiger partial charge in [-0.15, -0.1) is 11.6 Å². The number of pyridine rings is 1. The molecule has 1 saturated carbocycles. The Bertz CT molecular complexity index is 353. The van der Waals surface area contributed by atoms with E-state index in [1.165, 1.54) is 25.7 Å². The topological polar surface area (TPSA) is 25.4 Å². The molecule has 94 valence electrons. The standard InChI is InChI=1S/C13H19ClN2O/c1-17-13-8-4-7-12(15-13)16(10-9-14)11-5-2-3-6-11/h4,7-8,11H,2-3,5-6,9-10H2,1H3. The van der Waals surface area contributed by atoms with Gasteiger partial charge in [0.1, 0.15) is 5.82 Å². The van der Waals surface area contributed by atoms with Gasteiger partial charge in [-0.2, -0.15) is 4.98 Å². The molecule has 0 N–H and O–H groups in total. The van der Waals surface area contributed by atoms with Gasteiger partial charge in [0, 0.05) is 24.5 Å². The van der Waals surface area contributed by atoms with Crippen molar-refractivity contribution in [3.05, 3.63) is 18.2 Å². The Hall–Kier alpha value is -0.960. The fraction of sp³-hybridized carbons (Fsp3) is 0.615. The molecule has 0 amide bonds. The summed E-state index contributed by atoms with van der Waals surface area (Å²) in [5.41, 5.74) is 0. The number of alkyl halides is 1. The molecule has 1 aliphatic carbocycles. The van der Waals surface area contributed by atoms with Crippen LogP contribution in [0.1, 0.15) is 25.7 Å². The zero-order chi connectivity index (χ0) is 12.1. The van der Waals surface area contributed by atoms with Gasteiger partial charge in [0.05, 0.1) is 7.11 Å².